The molecule has 0 atom stereocenters. The van der Waals surface area contributed by atoms with E-state index in [1.165, 1.54) is 0 Å². The lowest BCUT2D eigenvalue weighted by Crippen LogP contribution is -2.12. The highest BCUT2D eigenvalue weighted by molar-refractivity contribution is 6.34. The molecule has 1 aromatic carbocycles. The van der Waals surface area contributed by atoms with Gasteiger partial charge in [0.25, 0.3) is 11.7 Å². The molecule has 1 aromatic heterocycles. The van der Waals surface area contributed by atoms with Gasteiger partial charge in [0.15, 0.2) is 4.98 Å². The number of diazo groups is 1. The Morgan fingerprint density at radius 1 is 1.50 bits per heavy atom. The molecule has 0 aliphatic heterocycles. The third kappa shape index (κ3) is 2.17. The molecule has 18 heavy (non-hydrogen) atoms. The lowest BCUT2D eigenvalue weighted by atomic mass is 10.2. The molecule has 0 aliphatic carbocycles. The molecule has 0 unspecified atom stereocenters. The van der Waals surface area contributed by atoms with Crippen molar-refractivity contribution < 1.29 is 4.79 Å². The maximum absolute atomic E-state index is 11.9. The summed E-state index contributed by atoms with van der Waals surface area (Å²) in [5, 5.41) is 18.1. The molecule has 6 nitrogen and oxygen atoms in total. The van der Waals surface area contributed by atoms with Gasteiger partial charge >= 0.3 is 5.69 Å². The number of nitrogens with zero attached hydrogens (tertiary/aromatic N) is 3. The maximum atomic E-state index is 11.9. The van der Waals surface area contributed by atoms with E-state index in [2.05, 4.69) is 20.5 Å². The number of anilines is 1. The van der Waals surface area contributed by atoms with E-state index < -0.39 is 5.91 Å². The number of hydrogen-bond donors (Lipinski definition) is 2. The first-order valence-electron chi connectivity index (χ1n) is 5.09. The van der Waals surface area contributed by atoms with Crippen LogP contribution in [0, 0.1) is 12.3 Å². The van der Waals surface area contributed by atoms with Gasteiger partial charge in [0.2, 0.25) is 5.39 Å². The standard InChI is InChI=1S/C11H8ClN5O/c1-6-9(15-13)10(17-16-6)14-11(18)7-4-2-3-5-8(7)12/h2-5,13H,1H3/p+1. The first kappa shape index (κ1) is 12.1. The Bertz CT molecular complexity index is 643. The van der Waals surface area contributed by atoms with Crippen LogP contribution < -0.4 is 5.32 Å². The van der Waals surface area contributed by atoms with Crippen LogP contribution in [-0.4, -0.2) is 16.1 Å². The SMILES string of the molecule is Cc1[nH]nc(NC(=O)c2ccccc2Cl)c1[N+]#N. The van der Waals surface area contributed by atoms with E-state index >= 15 is 0 Å². The molecule has 0 spiro atoms. The van der Waals surface area contributed by atoms with Gasteiger partial charge in [-0.05, 0) is 19.1 Å². The molecule has 1 heterocycles. The Morgan fingerprint density at radius 3 is 2.89 bits per heavy atom. The zero-order valence-corrected chi connectivity index (χ0v) is 10.2. The molecular weight excluding hydrogens is 254 g/mol. The molecule has 2 N–H and O–H groups in total. The molecule has 0 saturated carbocycles. The molecule has 0 saturated heterocycles. The van der Waals surface area contributed by atoms with Crippen molar-refractivity contribution in [3.05, 3.63) is 45.5 Å². The summed E-state index contributed by atoms with van der Waals surface area (Å²) in [6.07, 6.45) is 0. The predicted octanol–water partition coefficient (Wildman–Crippen LogP) is 3.11. The third-order valence-electron chi connectivity index (χ3n) is 2.37. The first-order chi connectivity index (χ1) is 8.63. The number of aromatic nitrogens is 2. The minimum Gasteiger partial charge on any atom is -0.298 e. The van der Waals surface area contributed by atoms with Crippen molar-refractivity contribution >= 4 is 29.0 Å². The number of benzene rings is 1. The van der Waals surface area contributed by atoms with Crippen LogP contribution in [0.2, 0.25) is 5.02 Å². The van der Waals surface area contributed by atoms with Gasteiger partial charge in [-0.1, -0.05) is 23.7 Å². The molecule has 2 aromatic rings. The average molecular weight is 263 g/mol. The van der Waals surface area contributed by atoms with E-state index in [1.807, 2.05) is 0 Å². The highest BCUT2D eigenvalue weighted by Crippen LogP contribution is 2.26. The Balaban J connectivity index is 2.28. The minimum atomic E-state index is -0.419. The molecule has 0 radical (unpaired) electrons. The van der Waals surface area contributed by atoms with E-state index in [-0.39, 0.29) is 11.5 Å². The Morgan fingerprint density at radius 2 is 2.22 bits per heavy atom. The van der Waals surface area contributed by atoms with Crippen molar-refractivity contribution in [2.24, 2.45) is 0 Å². The Hall–Kier alpha value is -2.39. The summed E-state index contributed by atoms with van der Waals surface area (Å²) in [7, 11) is 0. The number of halogens is 1. The summed E-state index contributed by atoms with van der Waals surface area (Å²) in [6.45, 7) is 1.67. The Labute approximate surface area is 108 Å². The summed E-state index contributed by atoms with van der Waals surface area (Å²) in [5.74, 6) is -0.267. The number of aromatic amines is 1. The van der Waals surface area contributed by atoms with Gasteiger partial charge < -0.3 is 0 Å². The number of nitrogens with one attached hydrogen (secondary N) is 2. The average Bonchev–Trinajstić information content (AvgIpc) is 2.70. The summed E-state index contributed by atoms with van der Waals surface area (Å²) in [6, 6.07) is 6.64. The number of carbonyl (C=O) groups excluding carboxylic acids is 1. The molecular formula is C11H9ClN5O+. The van der Waals surface area contributed by atoms with Crippen molar-refractivity contribution in [1.82, 2.24) is 10.2 Å². The second-order valence-corrected chi connectivity index (χ2v) is 3.99. The van der Waals surface area contributed by atoms with E-state index in [0.29, 0.717) is 16.3 Å². The zero-order chi connectivity index (χ0) is 13.1. The van der Waals surface area contributed by atoms with Crippen molar-refractivity contribution in [2.75, 3.05) is 5.32 Å². The van der Waals surface area contributed by atoms with Crippen LogP contribution in [0.25, 0.3) is 4.98 Å². The lowest BCUT2D eigenvalue weighted by molar-refractivity contribution is 0.102. The topological polar surface area (TPSA) is 85.9 Å². The molecule has 1 amide bonds. The zero-order valence-electron chi connectivity index (χ0n) is 9.44. The summed E-state index contributed by atoms with van der Waals surface area (Å²) in [5.41, 5.74) is 1.06. The monoisotopic (exact) mass is 262 g/mol. The van der Waals surface area contributed by atoms with Gasteiger partial charge in [-0.2, -0.15) is 0 Å². The van der Waals surface area contributed by atoms with Crippen LogP contribution in [0.1, 0.15) is 16.1 Å². The molecule has 0 fully saturated rings. The van der Waals surface area contributed by atoms with E-state index in [1.54, 1.807) is 31.2 Å². The van der Waals surface area contributed by atoms with Crippen molar-refractivity contribution in [3.8, 4) is 0 Å². The summed E-state index contributed by atoms with van der Waals surface area (Å²) >= 11 is 5.90. The second-order valence-electron chi connectivity index (χ2n) is 3.58. The molecule has 2 rings (SSSR count). The van der Waals surface area contributed by atoms with Gasteiger partial charge in [-0.3, -0.25) is 15.2 Å². The molecule has 0 aliphatic rings. The van der Waals surface area contributed by atoms with E-state index in [9.17, 15) is 4.79 Å². The summed E-state index contributed by atoms with van der Waals surface area (Å²) in [4.78, 5) is 15.0. The van der Waals surface area contributed by atoms with Crippen molar-refractivity contribution in [1.29, 1.82) is 5.39 Å². The quantitative estimate of drug-likeness (QED) is 0.815. The third-order valence-corrected chi connectivity index (χ3v) is 2.69. The predicted molar refractivity (Wildman–Crippen MR) is 67.5 cm³/mol. The smallest absolute Gasteiger partial charge is 0.298 e. The molecule has 7 heteroatoms. The van der Waals surface area contributed by atoms with E-state index in [4.69, 9.17) is 17.0 Å². The van der Waals surface area contributed by atoms with Gasteiger partial charge in [-0.25, -0.2) is 0 Å². The lowest BCUT2D eigenvalue weighted by Gasteiger charge is -2.02. The van der Waals surface area contributed by atoms with Gasteiger partial charge in [-0.15, -0.1) is 5.10 Å². The van der Waals surface area contributed by atoms with Crippen LogP contribution in [0.15, 0.2) is 24.3 Å². The normalized spacial score (nSPS) is 9.83. The van der Waals surface area contributed by atoms with Crippen LogP contribution in [0.3, 0.4) is 0 Å². The fraction of sp³-hybridized carbons (Fsp3) is 0.0909. The number of H-pyrrole nitrogens is 1. The van der Waals surface area contributed by atoms with Crippen molar-refractivity contribution in [3.63, 3.8) is 0 Å². The summed E-state index contributed by atoms with van der Waals surface area (Å²) < 4.78 is 0. The molecule has 90 valence electrons. The highest BCUT2D eigenvalue weighted by atomic mass is 35.5. The number of amides is 1. The highest BCUT2D eigenvalue weighted by Gasteiger charge is 2.24. The van der Waals surface area contributed by atoms with Crippen LogP contribution in [0.5, 0.6) is 0 Å². The number of hydrogen-bond acceptors (Lipinski definition) is 3. The van der Waals surface area contributed by atoms with Crippen molar-refractivity contribution in [2.45, 2.75) is 6.92 Å². The van der Waals surface area contributed by atoms with Gasteiger partial charge in [0, 0.05) is 0 Å². The number of rotatable bonds is 2. The first-order valence-corrected chi connectivity index (χ1v) is 5.47. The molecule has 0 bridgehead atoms. The van der Waals surface area contributed by atoms with Gasteiger partial charge in [0.1, 0.15) is 5.69 Å². The fourth-order valence-corrected chi connectivity index (χ4v) is 1.67. The van der Waals surface area contributed by atoms with Crippen LogP contribution in [-0.2, 0) is 0 Å². The maximum Gasteiger partial charge on any atom is 0.449 e. The fourth-order valence-electron chi connectivity index (χ4n) is 1.45. The number of carbonyl (C=O) groups is 1. The largest absolute Gasteiger partial charge is 0.449 e. The Kier molecular flexibility index (Phi) is 3.26. The second kappa shape index (κ2) is 4.85. The minimum absolute atomic E-state index is 0.153. The van der Waals surface area contributed by atoms with Crippen LogP contribution >= 0.6 is 11.6 Å². The van der Waals surface area contributed by atoms with E-state index in [0.717, 1.165) is 0 Å². The van der Waals surface area contributed by atoms with Gasteiger partial charge in [0.05, 0.1) is 10.6 Å². The van der Waals surface area contributed by atoms with Crippen LogP contribution in [0.4, 0.5) is 11.5 Å². The number of aryl methyl sites for hydroxylation is 1.